The fourth-order valence-corrected chi connectivity index (χ4v) is 2.50. The third-order valence-electron chi connectivity index (χ3n) is 2.55. The van der Waals surface area contributed by atoms with Crippen molar-refractivity contribution in [3.8, 4) is 5.75 Å². The van der Waals surface area contributed by atoms with E-state index >= 15 is 0 Å². The van der Waals surface area contributed by atoms with Gasteiger partial charge in [0.05, 0.1) is 17.4 Å². The lowest BCUT2D eigenvalue weighted by Crippen LogP contribution is -2.22. The standard InChI is InChI=1S/C12H14ClN5O2S/c1-6(21-12-16-11(14)17-18-12)10(19)15-7-3-4-9(20-2)8(13)5-7/h3-6H,1-2H3,(H,15,19)(H3,14,16,17,18)/t6-/m1/s1. The molecule has 112 valence electrons. The Kier molecular flexibility index (Phi) is 4.92. The minimum atomic E-state index is -0.388. The molecule has 9 heteroatoms. The zero-order chi connectivity index (χ0) is 15.4. The van der Waals surface area contributed by atoms with Crippen molar-refractivity contribution in [1.82, 2.24) is 15.2 Å². The van der Waals surface area contributed by atoms with Gasteiger partial charge in [0.2, 0.25) is 17.0 Å². The summed E-state index contributed by atoms with van der Waals surface area (Å²) in [6.07, 6.45) is 0. The fourth-order valence-electron chi connectivity index (χ4n) is 1.51. The van der Waals surface area contributed by atoms with Crippen molar-refractivity contribution in [1.29, 1.82) is 0 Å². The highest BCUT2D eigenvalue weighted by molar-refractivity contribution is 8.00. The van der Waals surface area contributed by atoms with E-state index in [2.05, 4.69) is 20.5 Å². The van der Waals surface area contributed by atoms with Crippen LogP contribution in [0.1, 0.15) is 6.92 Å². The highest BCUT2D eigenvalue weighted by Gasteiger charge is 2.17. The van der Waals surface area contributed by atoms with E-state index in [-0.39, 0.29) is 17.1 Å². The highest BCUT2D eigenvalue weighted by atomic mass is 35.5. The van der Waals surface area contributed by atoms with Crippen LogP contribution in [0, 0.1) is 0 Å². The Hall–Kier alpha value is -1.93. The summed E-state index contributed by atoms with van der Waals surface area (Å²) in [7, 11) is 1.53. The number of rotatable bonds is 5. The Balaban J connectivity index is 1.98. The van der Waals surface area contributed by atoms with Crippen molar-refractivity contribution in [2.24, 2.45) is 0 Å². The number of carbonyl (C=O) groups is 1. The summed E-state index contributed by atoms with van der Waals surface area (Å²) >= 11 is 7.21. The molecule has 0 aliphatic heterocycles. The van der Waals surface area contributed by atoms with Gasteiger partial charge in [-0.3, -0.25) is 4.79 Å². The summed E-state index contributed by atoms with van der Waals surface area (Å²) in [5, 5.41) is 9.61. The number of nitrogen functional groups attached to an aromatic ring is 1. The first-order chi connectivity index (χ1) is 9.99. The number of halogens is 1. The SMILES string of the molecule is COc1ccc(NC(=O)[C@@H](C)Sc2n[nH]c(N)n2)cc1Cl. The zero-order valence-electron chi connectivity index (χ0n) is 11.4. The lowest BCUT2D eigenvalue weighted by molar-refractivity contribution is -0.115. The van der Waals surface area contributed by atoms with Crippen LogP contribution >= 0.6 is 23.4 Å². The second-order valence-electron chi connectivity index (χ2n) is 4.10. The van der Waals surface area contributed by atoms with Gasteiger partial charge in [-0.05, 0) is 25.1 Å². The number of aromatic amines is 1. The number of thioether (sulfide) groups is 1. The molecule has 0 aliphatic carbocycles. The smallest absolute Gasteiger partial charge is 0.237 e. The predicted molar refractivity (Wildman–Crippen MR) is 82.7 cm³/mol. The van der Waals surface area contributed by atoms with Gasteiger partial charge in [-0.1, -0.05) is 23.4 Å². The molecule has 0 radical (unpaired) electrons. The second kappa shape index (κ2) is 6.68. The van der Waals surface area contributed by atoms with Gasteiger partial charge in [-0.2, -0.15) is 4.98 Å². The van der Waals surface area contributed by atoms with E-state index in [1.54, 1.807) is 25.1 Å². The van der Waals surface area contributed by atoms with Crippen molar-refractivity contribution >= 4 is 40.9 Å². The summed E-state index contributed by atoms with van der Waals surface area (Å²) in [4.78, 5) is 16.0. The van der Waals surface area contributed by atoms with Crippen LogP contribution in [0.4, 0.5) is 11.6 Å². The first kappa shape index (κ1) is 15.5. The lowest BCUT2D eigenvalue weighted by Gasteiger charge is -2.11. The molecule has 1 aromatic carbocycles. The van der Waals surface area contributed by atoms with Gasteiger partial charge in [0, 0.05) is 5.69 Å². The van der Waals surface area contributed by atoms with E-state index in [0.29, 0.717) is 21.6 Å². The molecule has 4 N–H and O–H groups in total. The van der Waals surface area contributed by atoms with Crippen molar-refractivity contribution in [2.75, 3.05) is 18.2 Å². The molecule has 0 spiro atoms. The van der Waals surface area contributed by atoms with Crippen LogP contribution in [0.5, 0.6) is 5.75 Å². The average Bonchev–Trinajstić information content (AvgIpc) is 2.84. The molecular weight excluding hydrogens is 314 g/mol. The number of nitrogens with zero attached hydrogens (tertiary/aromatic N) is 2. The van der Waals surface area contributed by atoms with Gasteiger partial charge < -0.3 is 15.8 Å². The normalized spacial score (nSPS) is 12.0. The van der Waals surface area contributed by atoms with Crippen LogP contribution in [-0.4, -0.2) is 33.4 Å². The maximum atomic E-state index is 12.1. The molecule has 0 saturated carbocycles. The topological polar surface area (TPSA) is 106 Å². The first-order valence-corrected chi connectivity index (χ1v) is 7.24. The molecule has 2 rings (SSSR count). The van der Waals surface area contributed by atoms with E-state index in [4.69, 9.17) is 22.1 Å². The second-order valence-corrected chi connectivity index (χ2v) is 5.82. The number of H-pyrrole nitrogens is 1. The number of nitrogens with one attached hydrogen (secondary N) is 2. The Morgan fingerprint density at radius 3 is 2.90 bits per heavy atom. The van der Waals surface area contributed by atoms with E-state index in [9.17, 15) is 4.79 Å². The van der Waals surface area contributed by atoms with Crippen LogP contribution in [0.2, 0.25) is 5.02 Å². The summed E-state index contributed by atoms with van der Waals surface area (Å²) in [6, 6.07) is 5.02. The van der Waals surface area contributed by atoms with Gasteiger partial charge in [0.1, 0.15) is 5.75 Å². The maximum absolute atomic E-state index is 12.1. The quantitative estimate of drug-likeness (QED) is 0.727. The number of anilines is 2. The summed E-state index contributed by atoms with van der Waals surface area (Å²) in [5.74, 6) is 0.574. The average molecular weight is 328 g/mol. The number of hydrogen-bond acceptors (Lipinski definition) is 6. The number of nitrogens with two attached hydrogens (primary N) is 1. The van der Waals surface area contributed by atoms with Crippen molar-refractivity contribution in [3.05, 3.63) is 23.2 Å². The Bertz CT molecular complexity index is 648. The predicted octanol–water partition coefficient (Wildman–Crippen LogP) is 2.17. The van der Waals surface area contributed by atoms with Crippen LogP contribution < -0.4 is 15.8 Å². The number of aromatic nitrogens is 3. The van der Waals surface area contributed by atoms with Crippen molar-refractivity contribution in [2.45, 2.75) is 17.3 Å². The molecule has 0 aliphatic rings. The molecule has 2 aromatic rings. The van der Waals surface area contributed by atoms with E-state index < -0.39 is 0 Å². The number of benzene rings is 1. The molecule has 0 unspecified atom stereocenters. The molecule has 1 aromatic heterocycles. The van der Waals surface area contributed by atoms with Crippen LogP contribution in [0.25, 0.3) is 0 Å². The summed E-state index contributed by atoms with van der Waals surface area (Å²) in [5.41, 5.74) is 6.02. The molecule has 21 heavy (non-hydrogen) atoms. The van der Waals surface area contributed by atoms with E-state index in [0.717, 1.165) is 0 Å². The maximum Gasteiger partial charge on any atom is 0.237 e. The van der Waals surface area contributed by atoms with Gasteiger partial charge in [0.25, 0.3) is 0 Å². The Morgan fingerprint density at radius 1 is 1.57 bits per heavy atom. The largest absolute Gasteiger partial charge is 0.495 e. The third-order valence-corrected chi connectivity index (χ3v) is 3.81. The van der Waals surface area contributed by atoms with Crippen molar-refractivity contribution in [3.63, 3.8) is 0 Å². The molecular formula is C12H14ClN5O2S. The van der Waals surface area contributed by atoms with Crippen LogP contribution in [-0.2, 0) is 4.79 Å². The fraction of sp³-hybridized carbons (Fsp3) is 0.250. The molecule has 0 bridgehead atoms. The van der Waals surface area contributed by atoms with E-state index in [1.165, 1.54) is 18.9 Å². The number of carbonyl (C=O) groups excluding carboxylic acids is 1. The van der Waals surface area contributed by atoms with Crippen LogP contribution in [0.3, 0.4) is 0 Å². The van der Waals surface area contributed by atoms with Crippen LogP contribution in [0.15, 0.2) is 23.4 Å². The first-order valence-electron chi connectivity index (χ1n) is 5.98. The highest BCUT2D eigenvalue weighted by Crippen LogP contribution is 2.28. The number of hydrogen-bond donors (Lipinski definition) is 3. The van der Waals surface area contributed by atoms with Gasteiger partial charge in [-0.25, -0.2) is 5.10 Å². The summed E-state index contributed by atoms with van der Waals surface area (Å²) in [6.45, 7) is 1.75. The molecule has 0 fully saturated rings. The zero-order valence-corrected chi connectivity index (χ0v) is 13.0. The molecule has 1 heterocycles. The molecule has 1 atom stereocenters. The minimum absolute atomic E-state index is 0.190. The number of ether oxygens (including phenoxy) is 1. The van der Waals surface area contributed by atoms with Gasteiger partial charge in [-0.15, -0.1) is 5.10 Å². The Labute approximate surface area is 130 Å². The van der Waals surface area contributed by atoms with Crippen molar-refractivity contribution < 1.29 is 9.53 Å². The molecule has 7 nitrogen and oxygen atoms in total. The number of methoxy groups -OCH3 is 1. The minimum Gasteiger partial charge on any atom is -0.495 e. The third kappa shape index (κ3) is 4.02. The molecule has 1 amide bonds. The number of amides is 1. The van der Waals surface area contributed by atoms with Gasteiger partial charge in [0.15, 0.2) is 0 Å². The van der Waals surface area contributed by atoms with Gasteiger partial charge >= 0.3 is 0 Å². The monoisotopic (exact) mass is 327 g/mol. The van der Waals surface area contributed by atoms with E-state index in [1.807, 2.05) is 0 Å². The lowest BCUT2D eigenvalue weighted by atomic mass is 10.3. The summed E-state index contributed by atoms with van der Waals surface area (Å²) < 4.78 is 5.05. The Morgan fingerprint density at radius 2 is 2.33 bits per heavy atom. The molecule has 0 saturated heterocycles.